The van der Waals surface area contributed by atoms with Gasteiger partial charge in [-0.2, -0.15) is 0 Å². The first-order valence-corrected chi connectivity index (χ1v) is 22.3. The Balaban J connectivity index is 0.000000266. The van der Waals surface area contributed by atoms with E-state index in [4.69, 9.17) is 13.8 Å². The average Bonchev–Trinajstić information content (AvgIpc) is 3.98. The van der Waals surface area contributed by atoms with Gasteiger partial charge in [-0.25, -0.2) is 0 Å². The van der Waals surface area contributed by atoms with Gasteiger partial charge >= 0.3 is 0 Å². The van der Waals surface area contributed by atoms with Crippen molar-refractivity contribution in [2.45, 2.75) is 72.6 Å². The standard InChI is InChI=1S/C44H35N2O2.C15H16N.Ir/c1-25(2)33-21-29(28-12-7-6-8-13-28)22-34(26(3)4)42(33)46-38-19-18-27(5)20-37(38)45-44(46)32-16-11-15-31-36-24-40-35(23-41(36)48-43(31)32)30-14-9-10-17-39(30)47-40;1-15(2,3)13-9-10-16-14(11-13)12-7-5-4-6-8-12;/h6-15,17-26H,1-5H3;4-7,9-11H,1-3H3;/q2*-1;. The normalized spacial score (nSPS) is 11.8. The summed E-state index contributed by atoms with van der Waals surface area (Å²) >= 11 is 0. The summed E-state index contributed by atoms with van der Waals surface area (Å²) in [5, 5.41) is 4.17. The van der Waals surface area contributed by atoms with Gasteiger partial charge in [0.1, 0.15) is 16.7 Å². The molecule has 4 heterocycles. The number of para-hydroxylation sites is 1. The second-order valence-corrected chi connectivity index (χ2v) is 18.5. The van der Waals surface area contributed by atoms with Crippen molar-refractivity contribution in [3.63, 3.8) is 0 Å². The van der Waals surface area contributed by atoms with Crippen LogP contribution in [0.15, 0.2) is 161 Å². The molecule has 7 aromatic carbocycles. The number of rotatable bonds is 6. The van der Waals surface area contributed by atoms with Gasteiger partial charge in [0.25, 0.3) is 0 Å². The summed E-state index contributed by atoms with van der Waals surface area (Å²) in [6.07, 6.45) is 1.87. The number of fused-ring (bicyclic) bond motifs is 7. The zero-order valence-electron chi connectivity index (χ0n) is 38.1. The van der Waals surface area contributed by atoms with Crippen LogP contribution < -0.4 is 0 Å². The van der Waals surface area contributed by atoms with Crippen molar-refractivity contribution in [3.05, 3.63) is 186 Å². The molecule has 0 bridgehead atoms. The third-order valence-electron chi connectivity index (χ3n) is 12.3. The molecule has 11 rings (SSSR count). The van der Waals surface area contributed by atoms with E-state index in [2.05, 4.69) is 174 Å². The van der Waals surface area contributed by atoms with Crippen LogP contribution in [0.5, 0.6) is 0 Å². The number of aromatic nitrogens is 3. The van der Waals surface area contributed by atoms with Gasteiger partial charge in [0.15, 0.2) is 0 Å². The van der Waals surface area contributed by atoms with E-state index in [1.165, 1.54) is 39.1 Å². The van der Waals surface area contributed by atoms with Crippen molar-refractivity contribution in [1.29, 1.82) is 0 Å². The van der Waals surface area contributed by atoms with E-state index in [-0.39, 0.29) is 37.4 Å². The SMILES string of the molecule is CC(C)(C)c1ccnc(-c2[c-]cccc2)c1.Cc1ccc2c(c1)nc(-c1[c-]ccc3c1oc1cc4c(cc13)oc1ccccc14)n2-c1c(C(C)C)cc(-c2ccccc2)cc1C(C)C.[Ir]. The minimum absolute atomic E-state index is 0. The molecule has 65 heavy (non-hydrogen) atoms. The molecule has 4 aromatic heterocycles. The Labute approximate surface area is 394 Å². The van der Waals surface area contributed by atoms with E-state index in [0.29, 0.717) is 0 Å². The van der Waals surface area contributed by atoms with Gasteiger partial charge in [-0.3, -0.25) is 4.98 Å². The number of aryl methyl sites for hydroxylation is 1. The van der Waals surface area contributed by atoms with E-state index < -0.39 is 0 Å². The van der Waals surface area contributed by atoms with Crippen LogP contribution in [0, 0.1) is 19.1 Å². The first kappa shape index (κ1) is 43.7. The molecular formula is C59H51IrN3O2-2. The summed E-state index contributed by atoms with van der Waals surface area (Å²) in [7, 11) is 0. The van der Waals surface area contributed by atoms with Crippen molar-refractivity contribution in [2.24, 2.45) is 0 Å². The second kappa shape index (κ2) is 17.4. The molecule has 0 saturated carbocycles. The summed E-state index contributed by atoms with van der Waals surface area (Å²) in [5.74, 6) is 1.37. The molecule has 5 nitrogen and oxygen atoms in total. The number of furan rings is 2. The second-order valence-electron chi connectivity index (χ2n) is 18.5. The van der Waals surface area contributed by atoms with Crippen molar-refractivity contribution in [1.82, 2.24) is 14.5 Å². The Morgan fingerprint density at radius 2 is 1.29 bits per heavy atom. The monoisotopic (exact) mass is 1030 g/mol. The molecule has 0 unspecified atom stereocenters. The molecule has 1 radical (unpaired) electrons. The van der Waals surface area contributed by atoms with Crippen LogP contribution in [0.2, 0.25) is 0 Å². The quantitative estimate of drug-likeness (QED) is 0.156. The number of hydrogen-bond acceptors (Lipinski definition) is 4. The van der Waals surface area contributed by atoms with Gasteiger partial charge in [0.05, 0.1) is 22.4 Å². The molecule has 6 heteroatoms. The Bertz CT molecular complexity index is 3470. The number of nitrogens with zero attached hydrogens (tertiary/aromatic N) is 3. The Morgan fingerprint density at radius 1 is 0.600 bits per heavy atom. The summed E-state index contributed by atoms with van der Waals surface area (Å²) in [6, 6.07) is 57.4. The molecular weight excluding hydrogens is 975 g/mol. The average molecular weight is 1030 g/mol. The maximum absolute atomic E-state index is 6.78. The number of pyridine rings is 1. The molecule has 0 fully saturated rings. The summed E-state index contributed by atoms with van der Waals surface area (Å²) in [4.78, 5) is 9.75. The first-order valence-electron chi connectivity index (χ1n) is 22.3. The molecule has 0 aliphatic carbocycles. The van der Waals surface area contributed by atoms with Gasteiger partial charge in [0, 0.05) is 48.1 Å². The smallest absolute Gasteiger partial charge is 0.136 e. The van der Waals surface area contributed by atoms with Crippen molar-refractivity contribution in [3.8, 4) is 39.5 Å². The Morgan fingerprint density at radius 3 is 2.00 bits per heavy atom. The maximum atomic E-state index is 6.78. The fraction of sp³-hybridized carbons (Fsp3) is 0.186. The van der Waals surface area contributed by atoms with Crippen LogP contribution in [0.3, 0.4) is 0 Å². The van der Waals surface area contributed by atoms with Crippen molar-refractivity contribution >= 4 is 54.9 Å². The van der Waals surface area contributed by atoms with Crippen LogP contribution >= 0.6 is 0 Å². The van der Waals surface area contributed by atoms with Crippen molar-refractivity contribution < 1.29 is 28.9 Å². The van der Waals surface area contributed by atoms with E-state index in [1.807, 2.05) is 54.7 Å². The number of hydrogen-bond donors (Lipinski definition) is 0. The number of benzene rings is 7. The maximum Gasteiger partial charge on any atom is 0.136 e. The van der Waals surface area contributed by atoms with Crippen LogP contribution in [-0.4, -0.2) is 14.5 Å². The first-order chi connectivity index (χ1) is 30.9. The zero-order chi connectivity index (χ0) is 44.3. The van der Waals surface area contributed by atoms with Gasteiger partial charge in [0.2, 0.25) is 0 Å². The van der Waals surface area contributed by atoms with E-state index in [1.54, 1.807) is 0 Å². The van der Waals surface area contributed by atoms with Crippen LogP contribution in [0.4, 0.5) is 0 Å². The predicted molar refractivity (Wildman–Crippen MR) is 265 cm³/mol. The Kier molecular flexibility index (Phi) is 11.7. The molecule has 11 aromatic rings. The summed E-state index contributed by atoms with van der Waals surface area (Å²) < 4.78 is 15.4. The summed E-state index contributed by atoms with van der Waals surface area (Å²) in [5.41, 5.74) is 17.1. The predicted octanol–water partition coefficient (Wildman–Crippen LogP) is 16.4. The molecule has 0 N–H and O–H groups in total. The van der Waals surface area contributed by atoms with E-state index in [0.717, 1.165) is 77.6 Å². The van der Waals surface area contributed by atoms with Crippen LogP contribution in [0.1, 0.15) is 82.6 Å². The minimum atomic E-state index is 0. The third-order valence-corrected chi connectivity index (χ3v) is 12.3. The van der Waals surface area contributed by atoms with Crippen LogP contribution in [0.25, 0.3) is 94.4 Å². The molecule has 0 aliphatic heterocycles. The van der Waals surface area contributed by atoms with E-state index >= 15 is 0 Å². The summed E-state index contributed by atoms with van der Waals surface area (Å²) in [6.45, 7) is 17.9. The van der Waals surface area contributed by atoms with Gasteiger partial charge in [-0.1, -0.05) is 120 Å². The third kappa shape index (κ3) is 8.11. The zero-order valence-corrected chi connectivity index (χ0v) is 40.5. The molecule has 0 spiro atoms. The molecule has 0 aliphatic rings. The van der Waals surface area contributed by atoms with E-state index in [9.17, 15) is 0 Å². The fourth-order valence-electron chi connectivity index (χ4n) is 8.92. The number of imidazole rings is 1. The fourth-order valence-corrected chi connectivity index (χ4v) is 8.92. The molecule has 0 atom stereocenters. The molecule has 0 amide bonds. The largest absolute Gasteiger partial charge is 0.501 e. The van der Waals surface area contributed by atoms with Gasteiger partial charge < -0.3 is 18.4 Å². The van der Waals surface area contributed by atoms with Gasteiger partial charge in [-0.05, 0) is 112 Å². The molecule has 325 valence electrons. The van der Waals surface area contributed by atoms with Gasteiger partial charge in [-0.15, -0.1) is 54.1 Å². The molecule has 0 saturated heterocycles. The Hall–Kier alpha value is -6.59. The topological polar surface area (TPSA) is 57.0 Å². The van der Waals surface area contributed by atoms with Crippen molar-refractivity contribution in [2.75, 3.05) is 0 Å². The minimum Gasteiger partial charge on any atom is -0.501 e. The van der Waals surface area contributed by atoms with Crippen LogP contribution in [-0.2, 0) is 25.5 Å².